The van der Waals surface area contributed by atoms with E-state index in [1.54, 1.807) is 12.1 Å². The molecule has 100 valence electrons. The second kappa shape index (κ2) is 4.90. The maximum absolute atomic E-state index is 13.0. The molecule has 0 aliphatic heterocycles. The van der Waals surface area contributed by atoms with Gasteiger partial charge in [-0.3, -0.25) is 0 Å². The average Bonchev–Trinajstić information content (AvgIpc) is 2.47. The lowest BCUT2D eigenvalue weighted by atomic mass is 10.0. The Kier molecular flexibility index (Phi) is 3.08. The standard InChI is InChI=1S/C16H14FN3/c1-10-3-2-4-12-9-14(16(20-18)19-15(10)12)11-5-7-13(17)8-6-11/h2-9H,18H2,1H3,(H,19,20). The minimum absolute atomic E-state index is 0.263. The van der Waals surface area contributed by atoms with Gasteiger partial charge in [-0.1, -0.05) is 30.3 Å². The summed E-state index contributed by atoms with van der Waals surface area (Å²) in [6.07, 6.45) is 0. The van der Waals surface area contributed by atoms with Gasteiger partial charge < -0.3 is 5.43 Å². The number of aromatic nitrogens is 1. The van der Waals surface area contributed by atoms with Crippen molar-refractivity contribution in [3.05, 3.63) is 59.9 Å². The van der Waals surface area contributed by atoms with Crippen LogP contribution in [-0.2, 0) is 0 Å². The van der Waals surface area contributed by atoms with Crippen LogP contribution in [0.25, 0.3) is 22.0 Å². The molecule has 3 nitrogen and oxygen atoms in total. The molecule has 0 amide bonds. The molecule has 4 heteroatoms. The number of nitrogens with zero attached hydrogens (tertiary/aromatic N) is 1. The lowest BCUT2D eigenvalue weighted by Crippen LogP contribution is -2.10. The molecule has 0 unspecified atom stereocenters. The van der Waals surface area contributed by atoms with Crippen LogP contribution in [0.4, 0.5) is 10.2 Å². The van der Waals surface area contributed by atoms with Crippen molar-refractivity contribution < 1.29 is 4.39 Å². The van der Waals surface area contributed by atoms with Crippen molar-refractivity contribution in [2.24, 2.45) is 5.84 Å². The van der Waals surface area contributed by atoms with Crippen LogP contribution in [0.3, 0.4) is 0 Å². The van der Waals surface area contributed by atoms with Crippen LogP contribution < -0.4 is 11.3 Å². The molecule has 3 N–H and O–H groups in total. The topological polar surface area (TPSA) is 50.9 Å². The van der Waals surface area contributed by atoms with Gasteiger partial charge in [-0.25, -0.2) is 15.2 Å². The van der Waals surface area contributed by atoms with Gasteiger partial charge in [0.1, 0.15) is 11.6 Å². The summed E-state index contributed by atoms with van der Waals surface area (Å²) in [5.41, 5.74) is 6.34. The summed E-state index contributed by atoms with van der Waals surface area (Å²) in [7, 11) is 0. The zero-order valence-electron chi connectivity index (χ0n) is 11.0. The molecule has 0 aliphatic carbocycles. The normalized spacial score (nSPS) is 10.8. The number of pyridine rings is 1. The number of aryl methyl sites for hydroxylation is 1. The zero-order chi connectivity index (χ0) is 14.1. The Morgan fingerprint density at radius 1 is 1.10 bits per heavy atom. The van der Waals surface area contributed by atoms with Crippen LogP contribution in [0.1, 0.15) is 5.56 Å². The van der Waals surface area contributed by atoms with Crippen LogP contribution in [-0.4, -0.2) is 4.98 Å². The first-order chi connectivity index (χ1) is 9.69. The highest BCUT2D eigenvalue weighted by Gasteiger charge is 2.09. The molecule has 1 heterocycles. The molecule has 0 saturated heterocycles. The maximum atomic E-state index is 13.0. The summed E-state index contributed by atoms with van der Waals surface area (Å²) in [4.78, 5) is 4.56. The quantitative estimate of drug-likeness (QED) is 0.550. The Balaban J connectivity index is 2.26. The molecular weight excluding hydrogens is 253 g/mol. The van der Waals surface area contributed by atoms with Crippen molar-refractivity contribution in [3.63, 3.8) is 0 Å². The number of hydrogen-bond donors (Lipinski definition) is 2. The smallest absolute Gasteiger partial charge is 0.148 e. The molecule has 3 aromatic rings. The van der Waals surface area contributed by atoms with Gasteiger partial charge in [0.15, 0.2) is 0 Å². The van der Waals surface area contributed by atoms with Crippen molar-refractivity contribution in [1.29, 1.82) is 0 Å². The van der Waals surface area contributed by atoms with E-state index in [1.165, 1.54) is 12.1 Å². The third-order valence-electron chi connectivity index (χ3n) is 3.34. The molecule has 0 fully saturated rings. The Hall–Kier alpha value is -2.46. The predicted molar refractivity (Wildman–Crippen MR) is 79.7 cm³/mol. The monoisotopic (exact) mass is 267 g/mol. The van der Waals surface area contributed by atoms with Crippen LogP contribution in [0.2, 0.25) is 0 Å². The molecule has 0 atom stereocenters. The highest BCUT2D eigenvalue weighted by molar-refractivity contribution is 5.90. The fourth-order valence-electron chi connectivity index (χ4n) is 2.31. The fraction of sp³-hybridized carbons (Fsp3) is 0.0625. The van der Waals surface area contributed by atoms with Gasteiger partial charge in [0, 0.05) is 10.9 Å². The predicted octanol–water partition coefficient (Wildman–Crippen LogP) is 3.63. The van der Waals surface area contributed by atoms with Crippen molar-refractivity contribution in [1.82, 2.24) is 4.98 Å². The van der Waals surface area contributed by atoms with Crippen molar-refractivity contribution in [2.75, 3.05) is 5.43 Å². The van der Waals surface area contributed by atoms with Gasteiger partial charge in [0.25, 0.3) is 0 Å². The maximum Gasteiger partial charge on any atom is 0.148 e. The second-order valence-corrected chi connectivity index (χ2v) is 4.68. The number of benzene rings is 2. The minimum Gasteiger partial charge on any atom is -0.308 e. The summed E-state index contributed by atoms with van der Waals surface area (Å²) in [6, 6.07) is 14.3. The summed E-state index contributed by atoms with van der Waals surface area (Å²) in [6.45, 7) is 2.01. The third kappa shape index (κ3) is 2.10. The molecule has 0 spiro atoms. The molecule has 20 heavy (non-hydrogen) atoms. The summed E-state index contributed by atoms with van der Waals surface area (Å²) < 4.78 is 13.0. The van der Waals surface area contributed by atoms with Gasteiger partial charge in [-0.05, 0) is 36.2 Å². The first-order valence-electron chi connectivity index (χ1n) is 6.32. The number of rotatable bonds is 2. The van der Waals surface area contributed by atoms with Crippen LogP contribution in [0, 0.1) is 12.7 Å². The Labute approximate surface area is 116 Å². The third-order valence-corrected chi connectivity index (χ3v) is 3.34. The van der Waals surface area contributed by atoms with E-state index in [9.17, 15) is 4.39 Å². The van der Waals surface area contributed by atoms with E-state index < -0.39 is 0 Å². The molecular formula is C16H14FN3. The molecule has 0 saturated carbocycles. The molecule has 0 radical (unpaired) electrons. The molecule has 1 aromatic heterocycles. The SMILES string of the molecule is Cc1cccc2cc(-c3ccc(F)cc3)c(NN)nc12. The molecule has 3 rings (SSSR count). The number of nitrogens with two attached hydrogens (primary N) is 1. The van der Waals surface area contributed by atoms with Crippen molar-refractivity contribution in [3.8, 4) is 11.1 Å². The fourth-order valence-corrected chi connectivity index (χ4v) is 2.31. The lowest BCUT2D eigenvalue weighted by molar-refractivity contribution is 0.628. The van der Waals surface area contributed by atoms with Gasteiger partial charge in [-0.15, -0.1) is 0 Å². The number of hydrogen-bond acceptors (Lipinski definition) is 3. The van der Waals surface area contributed by atoms with Crippen molar-refractivity contribution in [2.45, 2.75) is 6.92 Å². The van der Waals surface area contributed by atoms with E-state index in [-0.39, 0.29) is 5.82 Å². The summed E-state index contributed by atoms with van der Waals surface area (Å²) in [5, 5.41) is 1.03. The number of fused-ring (bicyclic) bond motifs is 1. The van der Waals surface area contributed by atoms with E-state index in [2.05, 4.69) is 10.4 Å². The van der Waals surface area contributed by atoms with E-state index in [0.717, 1.165) is 27.6 Å². The lowest BCUT2D eigenvalue weighted by Gasteiger charge is -2.11. The second-order valence-electron chi connectivity index (χ2n) is 4.68. The summed E-state index contributed by atoms with van der Waals surface area (Å²) >= 11 is 0. The van der Waals surface area contributed by atoms with Gasteiger partial charge in [0.2, 0.25) is 0 Å². The van der Waals surface area contributed by atoms with Gasteiger partial charge in [0.05, 0.1) is 5.52 Å². The van der Waals surface area contributed by atoms with Crippen LogP contribution >= 0.6 is 0 Å². The van der Waals surface area contributed by atoms with E-state index in [4.69, 9.17) is 5.84 Å². The first-order valence-corrected chi connectivity index (χ1v) is 6.32. The van der Waals surface area contributed by atoms with E-state index >= 15 is 0 Å². The average molecular weight is 267 g/mol. The number of halogens is 1. The Morgan fingerprint density at radius 3 is 2.55 bits per heavy atom. The molecule has 0 bridgehead atoms. The molecule has 0 aliphatic rings. The number of para-hydroxylation sites is 1. The van der Waals surface area contributed by atoms with Gasteiger partial charge in [-0.2, -0.15) is 0 Å². The first kappa shape index (κ1) is 12.6. The number of hydrazine groups is 1. The Bertz CT molecular complexity index is 767. The number of nitrogens with one attached hydrogen (secondary N) is 1. The highest BCUT2D eigenvalue weighted by atomic mass is 19.1. The molecule has 2 aromatic carbocycles. The zero-order valence-corrected chi connectivity index (χ0v) is 11.0. The largest absolute Gasteiger partial charge is 0.308 e. The number of anilines is 1. The van der Waals surface area contributed by atoms with E-state index in [0.29, 0.717) is 5.82 Å². The Morgan fingerprint density at radius 2 is 1.85 bits per heavy atom. The summed E-state index contributed by atoms with van der Waals surface area (Å²) in [5.74, 6) is 5.89. The van der Waals surface area contributed by atoms with Gasteiger partial charge >= 0.3 is 0 Å². The van der Waals surface area contributed by atoms with Crippen molar-refractivity contribution >= 4 is 16.7 Å². The minimum atomic E-state index is -0.263. The van der Waals surface area contributed by atoms with E-state index in [1.807, 2.05) is 31.2 Å². The number of nitrogen functional groups attached to an aromatic ring is 1. The highest BCUT2D eigenvalue weighted by Crippen LogP contribution is 2.30. The van der Waals surface area contributed by atoms with Crippen LogP contribution in [0.15, 0.2) is 48.5 Å². The van der Waals surface area contributed by atoms with Crippen LogP contribution in [0.5, 0.6) is 0 Å².